The monoisotopic (exact) mass is 418 g/mol. The van der Waals surface area contributed by atoms with Crippen LogP contribution in [-0.2, 0) is 7.05 Å². The summed E-state index contributed by atoms with van der Waals surface area (Å²) in [6.07, 6.45) is 5.32. The van der Waals surface area contributed by atoms with Gasteiger partial charge in [0.1, 0.15) is 17.6 Å². The van der Waals surface area contributed by atoms with Gasteiger partial charge in [-0.2, -0.15) is 5.10 Å². The maximum absolute atomic E-state index is 13.3. The highest BCUT2D eigenvalue weighted by Crippen LogP contribution is 2.26. The van der Waals surface area contributed by atoms with E-state index < -0.39 is 6.04 Å². The number of hydrogen-bond acceptors (Lipinski definition) is 5. The standard InChI is InChI=1S/C23H26N6O2/c1-14(2)29-21-17(13-25-29)12-19(15(3)26-21)23(30)27-20(22-24-9-10-28(22)4)16-7-6-8-18(11-16)31-5/h6-14,20H,1-5H3,(H,27,30). The molecule has 8 heteroatoms. The van der Waals surface area contributed by atoms with Crippen molar-refractivity contribution in [2.75, 3.05) is 7.11 Å². The van der Waals surface area contributed by atoms with E-state index >= 15 is 0 Å². The molecule has 3 heterocycles. The van der Waals surface area contributed by atoms with E-state index in [1.165, 1.54) is 0 Å². The zero-order valence-corrected chi connectivity index (χ0v) is 18.3. The fourth-order valence-corrected chi connectivity index (χ4v) is 3.66. The van der Waals surface area contributed by atoms with Gasteiger partial charge >= 0.3 is 0 Å². The van der Waals surface area contributed by atoms with Crippen LogP contribution in [0.3, 0.4) is 0 Å². The van der Waals surface area contributed by atoms with E-state index in [1.807, 2.05) is 59.7 Å². The number of carbonyl (C=O) groups excluding carboxylic acids is 1. The second-order valence-corrected chi connectivity index (χ2v) is 7.80. The van der Waals surface area contributed by atoms with Gasteiger partial charge in [-0.25, -0.2) is 14.6 Å². The van der Waals surface area contributed by atoms with Crippen LogP contribution in [0.4, 0.5) is 0 Å². The molecule has 0 fully saturated rings. The van der Waals surface area contributed by atoms with Crippen molar-refractivity contribution >= 4 is 16.9 Å². The molecular formula is C23H26N6O2. The number of aryl methyl sites for hydroxylation is 2. The molecule has 1 amide bonds. The van der Waals surface area contributed by atoms with Crippen LogP contribution in [-0.4, -0.2) is 37.3 Å². The third-order valence-corrected chi connectivity index (χ3v) is 5.31. The highest BCUT2D eigenvalue weighted by molar-refractivity contribution is 5.98. The van der Waals surface area contributed by atoms with Gasteiger partial charge in [0.25, 0.3) is 5.91 Å². The first-order chi connectivity index (χ1) is 14.9. The molecule has 1 N–H and O–H groups in total. The molecule has 4 aromatic rings. The molecule has 0 spiro atoms. The molecule has 0 bridgehead atoms. The molecule has 160 valence electrons. The highest BCUT2D eigenvalue weighted by atomic mass is 16.5. The van der Waals surface area contributed by atoms with Crippen molar-refractivity contribution in [2.45, 2.75) is 32.9 Å². The van der Waals surface area contributed by atoms with Crippen molar-refractivity contribution in [3.63, 3.8) is 0 Å². The number of ether oxygens (including phenoxy) is 1. The molecule has 0 aliphatic rings. The average molecular weight is 419 g/mol. The molecule has 1 atom stereocenters. The molecule has 1 aromatic carbocycles. The van der Waals surface area contributed by atoms with Crippen molar-refractivity contribution in [2.24, 2.45) is 7.05 Å². The Morgan fingerprint density at radius 3 is 2.71 bits per heavy atom. The molecule has 4 rings (SSSR count). The van der Waals surface area contributed by atoms with Gasteiger partial charge in [-0.15, -0.1) is 0 Å². The smallest absolute Gasteiger partial charge is 0.254 e. The molecule has 31 heavy (non-hydrogen) atoms. The lowest BCUT2D eigenvalue weighted by Gasteiger charge is -2.20. The number of nitrogens with zero attached hydrogens (tertiary/aromatic N) is 5. The van der Waals surface area contributed by atoms with E-state index in [1.54, 1.807) is 19.5 Å². The third kappa shape index (κ3) is 3.88. The zero-order chi connectivity index (χ0) is 22.1. The fraction of sp³-hybridized carbons (Fsp3) is 0.304. The second-order valence-electron chi connectivity index (χ2n) is 7.80. The van der Waals surface area contributed by atoms with Gasteiger partial charge in [0.05, 0.1) is 24.6 Å². The lowest BCUT2D eigenvalue weighted by Crippen LogP contribution is -2.31. The van der Waals surface area contributed by atoms with Gasteiger partial charge in [-0.05, 0) is 44.5 Å². The van der Waals surface area contributed by atoms with Crippen molar-refractivity contribution in [1.82, 2.24) is 29.6 Å². The summed E-state index contributed by atoms with van der Waals surface area (Å²) in [4.78, 5) is 22.5. The number of benzene rings is 1. The predicted molar refractivity (Wildman–Crippen MR) is 118 cm³/mol. The minimum atomic E-state index is -0.448. The maximum atomic E-state index is 13.3. The van der Waals surface area contributed by atoms with Crippen LogP contribution < -0.4 is 10.1 Å². The summed E-state index contributed by atoms with van der Waals surface area (Å²) in [6.45, 7) is 5.94. The molecule has 0 saturated heterocycles. The van der Waals surface area contributed by atoms with E-state index in [-0.39, 0.29) is 11.9 Å². The van der Waals surface area contributed by atoms with Gasteiger partial charge in [0.15, 0.2) is 5.65 Å². The Balaban J connectivity index is 1.72. The van der Waals surface area contributed by atoms with Crippen molar-refractivity contribution in [3.05, 3.63) is 71.6 Å². The number of aromatic nitrogens is 5. The Labute approximate surface area is 180 Å². The Morgan fingerprint density at radius 2 is 2.03 bits per heavy atom. The molecule has 8 nitrogen and oxygen atoms in total. The Morgan fingerprint density at radius 1 is 1.23 bits per heavy atom. The first-order valence-electron chi connectivity index (χ1n) is 10.2. The molecular weight excluding hydrogens is 392 g/mol. The quantitative estimate of drug-likeness (QED) is 0.517. The summed E-state index contributed by atoms with van der Waals surface area (Å²) < 4.78 is 9.12. The largest absolute Gasteiger partial charge is 0.497 e. The van der Waals surface area contributed by atoms with Crippen LogP contribution in [0.25, 0.3) is 11.0 Å². The molecule has 3 aromatic heterocycles. The van der Waals surface area contributed by atoms with Gasteiger partial charge in [0, 0.05) is 30.9 Å². The summed E-state index contributed by atoms with van der Waals surface area (Å²) in [7, 11) is 3.52. The van der Waals surface area contributed by atoms with E-state index in [2.05, 4.69) is 34.2 Å². The Hall–Kier alpha value is -3.68. The zero-order valence-electron chi connectivity index (χ0n) is 18.3. The number of fused-ring (bicyclic) bond motifs is 1. The number of amides is 1. The summed E-state index contributed by atoms with van der Waals surface area (Å²) >= 11 is 0. The topological polar surface area (TPSA) is 86.9 Å². The van der Waals surface area contributed by atoms with Crippen molar-refractivity contribution in [3.8, 4) is 5.75 Å². The van der Waals surface area contributed by atoms with E-state index in [0.29, 0.717) is 17.0 Å². The summed E-state index contributed by atoms with van der Waals surface area (Å²) in [5.41, 5.74) is 2.81. The van der Waals surface area contributed by atoms with Crippen LogP contribution in [0.15, 0.2) is 48.9 Å². The third-order valence-electron chi connectivity index (χ3n) is 5.31. The maximum Gasteiger partial charge on any atom is 0.254 e. The van der Waals surface area contributed by atoms with Gasteiger partial charge in [0.2, 0.25) is 0 Å². The normalized spacial score (nSPS) is 12.3. The van der Waals surface area contributed by atoms with Gasteiger partial charge in [-0.3, -0.25) is 4.79 Å². The number of methoxy groups -OCH3 is 1. The minimum absolute atomic E-state index is 0.185. The first kappa shape index (κ1) is 20.6. The van der Waals surface area contributed by atoms with Crippen molar-refractivity contribution < 1.29 is 9.53 Å². The summed E-state index contributed by atoms with van der Waals surface area (Å²) in [5.74, 6) is 1.22. The van der Waals surface area contributed by atoms with Crippen LogP contribution in [0.2, 0.25) is 0 Å². The van der Waals surface area contributed by atoms with E-state index in [9.17, 15) is 4.79 Å². The number of rotatable bonds is 6. The highest BCUT2D eigenvalue weighted by Gasteiger charge is 2.24. The number of pyridine rings is 1. The summed E-state index contributed by atoms with van der Waals surface area (Å²) in [6, 6.07) is 9.20. The van der Waals surface area contributed by atoms with E-state index in [4.69, 9.17) is 4.74 Å². The first-order valence-corrected chi connectivity index (χ1v) is 10.2. The lowest BCUT2D eigenvalue weighted by molar-refractivity contribution is 0.0940. The van der Waals surface area contributed by atoms with Crippen molar-refractivity contribution in [1.29, 1.82) is 0 Å². The van der Waals surface area contributed by atoms with Crippen LogP contribution in [0, 0.1) is 6.92 Å². The van der Waals surface area contributed by atoms with Crippen LogP contribution in [0.1, 0.15) is 53.4 Å². The second kappa shape index (κ2) is 8.22. The molecule has 0 aliphatic heterocycles. The Kier molecular flexibility index (Phi) is 5.46. The predicted octanol–water partition coefficient (Wildman–Crippen LogP) is 3.58. The number of hydrogen-bond donors (Lipinski definition) is 1. The molecule has 0 aliphatic carbocycles. The minimum Gasteiger partial charge on any atom is -0.497 e. The fourth-order valence-electron chi connectivity index (χ4n) is 3.66. The number of carbonyl (C=O) groups is 1. The van der Waals surface area contributed by atoms with E-state index in [0.717, 1.165) is 22.4 Å². The lowest BCUT2D eigenvalue weighted by atomic mass is 10.0. The van der Waals surface area contributed by atoms with Gasteiger partial charge < -0.3 is 14.6 Å². The van der Waals surface area contributed by atoms with Crippen LogP contribution >= 0.6 is 0 Å². The molecule has 0 radical (unpaired) electrons. The molecule has 1 unspecified atom stereocenters. The van der Waals surface area contributed by atoms with Crippen LogP contribution in [0.5, 0.6) is 5.75 Å². The Bertz CT molecular complexity index is 1240. The number of nitrogens with one attached hydrogen (secondary N) is 1. The summed E-state index contributed by atoms with van der Waals surface area (Å²) in [5, 5.41) is 8.38. The average Bonchev–Trinajstić information content (AvgIpc) is 3.37. The number of imidazole rings is 1. The SMILES string of the molecule is COc1cccc(C(NC(=O)c2cc3cnn(C(C)C)c3nc2C)c2nccn2C)c1. The molecule has 0 saturated carbocycles. The van der Waals surface area contributed by atoms with Gasteiger partial charge in [-0.1, -0.05) is 12.1 Å².